The number of hydrogen-bond acceptors (Lipinski definition) is 3. The Labute approximate surface area is 168 Å². The molecule has 2 rings (SSSR count). The van der Waals surface area contributed by atoms with Gasteiger partial charge in [0.15, 0.2) is 5.11 Å². The van der Waals surface area contributed by atoms with Crippen molar-refractivity contribution in [2.45, 2.75) is 20.3 Å². The first-order valence-corrected chi connectivity index (χ1v) is 9.33. The molecule has 0 aliphatic carbocycles. The van der Waals surface area contributed by atoms with Gasteiger partial charge in [-0.3, -0.25) is 10.1 Å². The van der Waals surface area contributed by atoms with Gasteiger partial charge in [-0.05, 0) is 48.8 Å². The number of ether oxygens (including phenoxy) is 1. The van der Waals surface area contributed by atoms with Crippen LogP contribution in [0.25, 0.3) is 0 Å². The maximum atomic E-state index is 12.5. The zero-order chi connectivity index (χ0) is 19.1. The van der Waals surface area contributed by atoms with Crippen LogP contribution in [-0.4, -0.2) is 17.6 Å². The molecule has 0 unspecified atom stereocenters. The van der Waals surface area contributed by atoms with E-state index in [0.29, 0.717) is 39.6 Å². The second-order valence-corrected chi connectivity index (χ2v) is 7.25. The zero-order valence-electron chi connectivity index (χ0n) is 14.5. The molecule has 2 N–H and O–H groups in total. The minimum Gasteiger partial charge on any atom is -0.493 e. The molecule has 2 aromatic carbocycles. The van der Waals surface area contributed by atoms with E-state index in [9.17, 15) is 4.79 Å². The molecular weight excluding hydrogens is 391 g/mol. The highest BCUT2D eigenvalue weighted by Gasteiger charge is 2.15. The lowest BCUT2D eigenvalue weighted by molar-refractivity contribution is 0.0973. The summed E-state index contributed by atoms with van der Waals surface area (Å²) in [7, 11) is 0. The van der Waals surface area contributed by atoms with E-state index in [1.165, 1.54) is 0 Å². The number of halogens is 2. The number of benzene rings is 2. The number of nitrogens with one attached hydrogen (secondary N) is 2. The van der Waals surface area contributed by atoms with E-state index in [1.807, 2.05) is 6.07 Å². The lowest BCUT2D eigenvalue weighted by Crippen LogP contribution is -2.34. The molecule has 26 heavy (non-hydrogen) atoms. The molecule has 0 aliphatic heterocycles. The van der Waals surface area contributed by atoms with E-state index in [1.54, 1.807) is 36.4 Å². The van der Waals surface area contributed by atoms with E-state index in [0.717, 1.165) is 6.42 Å². The van der Waals surface area contributed by atoms with E-state index in [-0.39, 0.29) is 11.0 Å². The lowest BCUT2D eigenvalue weighted by Gasteiger charge is -2.14. The van der Waals surface area contributed by atoms with Crippen molar-refractivity contribution in [3.05, 3.63) is 58.1 Å². The number of para-hydroxylation sites is 2. The first-order valence-electron chi connectivity index (χ1n) is 8.16. The summed E-state index contributed by atoms with van der Waals surface area (Å²) in [5.41, 5.74) is 0.855. The molecule has 1 amide bonds. The monoisotopic (exact) mass is 410 g/mol. The summed E-state index contributed by atoms with van der Waals surface area (Å²) in [5.74, 6) is 0.670. The van der Waals surface area contributed by atoms with Gasteiger partial charge in [-0.1, -0.05) is 55.2 Å². The normalized spacial score (nSPS) is 10.5. The van der Waals surface area contributed by atoms with Crippen molar-refractivity contribution in [1.29, 1.82) is 0 Å². The van der Waals surface area contributed by atoms with Crippen molar-refractivity contribution in [2.75, 3.05) is 11.9 Å². The summed E-state index contributed by atoms with van der Waals surface area (Å²) in [6.45, 7) is 4.78. The molecule has 0 atom stereocenters. The highest BCUT2D eigenvalue weighted by atomic mass is 35.5. The van der Waals surface area contributed by atoms with Crippen LogP contribution in [0, 0.1) is 5.92 Å². The Morgan fingerprint density at radius 3 is 2.42 bits per heavy atom. The van der Waals surface area contributed by atoms with Gasteiger partial charge in [-0.2, -0.15) is 0 Å². The summed E-state index contributed by atoms with van der Waals surface area (Å²) in [6, 6.07) is 12.1. The average molecular weight is 411 g/mol. The van der Waals surface area contributed by atoms with E-state index < -0.39 is 0 Å². The van der Waals surface area contributed by atoms with Gasteiger partial charge in [-0.25, -0.2) is 0 Å². The molecule has 2 aromatic rings. The smallest absolute Gasteiger partial charge is 0.261 e. The number of hydrogen-bond donors (Lipinski definition) is 2. The van der Waals surface area contributed by atoms with Crippen LogP contribution in [0.1, 0.15) is 30.6 Å². The molecule has 0 aliphatic rings. The number of thiocarbonyl (C=S) groups is 1. The maximum Gasteiger partial charge on any atom is 0.261 e. The average Bonchev–Trinajstić information content (AvgIpc) is 2.58. The van der Waals surface area contributed by atoms with Crippen molar-refractivity contribution in [1.82, 2.24) is 5.32 Å². The van der Waals surface area contributed by atoms with Gasteiger partial charge in [-0.15, -0.1) is 0 Å². The minimum atomic E-state index is -0.370. The highest BCUT2D eigenvalue weighted by Crippen LogP contribution is 2.29. The number of amides is 1. The number of carbonyl (C=O) groups is 1. The Morgan fingerprint density at radius 2 is 1.77 bits per heavy atom. The van der Waals surface area contributed by atoms with Gasteiger partial charge in [0.05, 0.1) is 27.9 Å². The number of anilines is 1. The fraction of sp³-hybridized carbons (Fsp3) is 0.263. The molecule has 0 saturated heterocycles. The van der Waals surface area contributed by atoms with Crippen LogP contribution in [0.5, 0.6) is 5.75 Å². The molecule has 0 spiro atoms. The first-order chi connectivity index (χ1) is 12.4. The quantitative estimate of drug-likeness (QED) is 0.613. The van der Waals surface area contributed by atoms with Crippen molar-refractivity contribution < 1.29 is 9.53 Å². The molecule has 0 heterocycles. The van der Waals surface area contributed by atoms with E-state index in [2.05, 4.69) is 24.5 Å². The van der Waals surface area contributed by atoms with Gasteiger partial charge in [0, 0.05) is 0 Å². The summed E-state index contributed by atoms with van der Waals surface area (Å²) in [4.78, 5) is 12.5. The van der Waals surface area contributed by atoms with Gasteiger partial charge < -0.3 is 10.1 Å². The van der Waals surface area contributed by atoms with Gasteiger partial charge in [0.25, 0.3) is 5.91 Å². The third-order valence-corrected chi connectivity index (χ3v) is 4.35. The molecule has 0 fully saturated rings. The molecule has 4 nitrogen and oxygen atoms in total. The van der Waals surface area contributed by atoms with Crippen LogP contribution < -0.4 is 15.4 Å². The molecule has 0 radical (unpaired) electrons. The Morgan fingerprint density at radius 1 is 1.12 bits per heavy atom. The third-order valence-electron chi connectivity index (χ3n) is 3.51. The number of rotatable bonds is 6. The minimum absolute atomic E-state index is 0.0991. The molecule has 0 aromatic heterocycles. The number of carbonyl (C=O) groups excluding carboxylic acids is 1. The van der Waals surface area contributed by atoms with Crippen LogP contribution in [-0.2, 0) is 0 Å². The van der Waals surface area contributed by atoms with Crippen LogP contribution in [0.3, 0.4) is 0 Å². The Hall–Kier alpha value is -1.82. The summed E-state index contributed by atoms with van der Waals surface area (Å²) in [6.07, 6.45) is 0.904. The predicted molar refractivity (Wildman–Crippen MR) is 112 cm³/mol. The Balaban J connectivity index is 2.04. The standard InChI is InChI=1S/C19H20Cl2N2O2S/c1-12(2)10-11-25-16-9-4-3-6-13(16)18(24)23-19(26)22-17-14(20)7-5-8-15(17)21/h3-9,12H,10-11H2,1-2H3,(H2,22,23,24,26). The van der Waals surface area contributed by atoms with E-state index >= 15 is 0 Å². The van der Waals surface area contributed by atoms with Crippen molar-refractivity contribution in [2.24, 2.45) is 5.92 Å². The summed E-state index contributed by atoms with van der Waals surface area (Å²) in [5, 5.41) is 6.39. The zero-order valence-corrected chi connectivity index (χ0v) is 16.8. The van der Waals surface area contributed by atoms with Gasteiger partial charge in [0.2, 0.25) is 0 Å². The first kappa shape index (κ1) is 20.5. The fourth-order valence-corrected chi connectivity index (χ4v) is 2.80. The van der Waals surface area contributed by atoms with Crippen LogP contribution in [0.15, 0.2) is 42.5 Å². The molecule has 7 heteroatoms. The second-order valence-electron chi connectivity index (χ2n) is 6.03. The van der Waals surface area contributed by atoms with Crippen LogP contribution in [0.4, 0.5) is 5.69 Å². The van der Waals surface area contributed by atoms with E-state index in [4.69, 9.17) is 40.2 Å². The molecule has 0 saturated carbocycles. The van der Waals surface area contributed by atoms with Crippen LogP contribution >= 0.6 is 35.4 Å². The maximum absolute atomic E-state index is 12.5. The summed E-state index contributed by atoms with van der Waals surface area (Å²) >= 11 is 17.4. The van der Waals surface area contributed by atoms with Crippen molar-refractivity contribution >= 4 is 52.1 Å². The van der Waals surface area contributed by atoms with Gasteiger partial charge in [0.1, 0.15) is 5.75 Å². The Bertz CT molecular complexity index is 777. The molecule has 0 bridgehead atoms. The third kappa shape index (κ3) is 5.87. The van der Waals surface area contributed by atoms with Crippen molar-refractivity contribution in [3.8, 4) is 5.75 Å². The largest absolute Gasteiger partial charge is 0.493 e. The topological polar surface area (TPSA) is 50.4 Å². The lowest BCUT2D eigenvalue weighted by atomic mass is 10.1. The highest BCUT2D eigenvalue weighted by molar-refractivity contribution is 7.80. The van der Waals surface area contributed by atoms with Crippen LogP contribution in [0.2, 0.25) is 10.0 Å². The second kappa shape index (κ2) is 9.76. The fourth-order valence-electron chi connectivity index (χ4n) is 2.12. The van der Waals surface area contributed by atoms with Crippen molar-refractivity contribution in [3.63, 3.8) is 0 Å². The molecule has 138 valence electrons. The summed E-state index contributed by atoms with van der Waals surface area (Å²) < 4.78 is 5.74. The SMILES string of the molecule is CC(C)CCOc1ccccc1C(=O)NC(=S)Nc1c(Cl)cccc1Cl. The van der Waals surface area contributed by atoms with Gasteiger partial charge >= 0.3 is 0 Å². The predicted octanol–water partition coefficient (Wildman–Crippen LogP) is 5.55. The Kier molecular flexibility index (Phi) is 7.69. The molecular formula is C19H20Cl2N2O2S.